The van der Waals surface area contributed by atoms with Gasteiger partial charge in [0.2, 0.25) is 11.8 Å². The van der Waals surface area contributed by atoms with E-state index in [2.05, 4.69) is 35.9 Å². The maximum absolute atomic E-state index is 5.84. The number of hydrogen-bond donors (Lipinski definition) is 1. The second kappa shape index (κ2) is 5.09. The van der Waals surface area contributed by atoms with Gasteiger partial charge in [0.05, 0.1) is 5.39 Å². The molecule has 5 heteroatoms. The maximum Gasteiger partial charge on any atom is 0.232 e. The molecule has 0 aliphatic rings. The smallest absolute Gasteiger partial charge is 0.232 e. The van der Waals surface area contributed by atoms with E-state index in [1.54, 1.807) is 0 Å². The first-order chi connectivity index (χ1) is 9.63. The van der Waals surface area contributed by atoms with Crippen molar-refractivity contribution >= 4 is 27.5 Å². The first-order valence-electron chi connectivity index (χ1n) is 6.42. The van der Waals surface area contributed by atoms with Crippen LogP contribution in [0.1, 0.15) is 25.3 Å². The Morgan fingerprint density at radius 2 is 1.85 bits per heavy atom. The third-order valence-corrected chi connectivity index (χ3v) is 3.88. The van der Waals surface area contributed by atoms with Gasteiger partial charge in [0.15, 0.2) is 0 Å². The molecule has 0 amide bonds. The van der Waals surface area contributed by atoms with E-state index in [9.17, 15) is 0 Å². The molecule has 2 aromatic heterocycles. The lowest BCUT2D eigenvalue weighted by atomic mass is 10.0. The fourth-order valence-electron chi connectivity index (χ4n) is 1.95. The molecule has 0 aliphatic carbocycles. The van der Waals surface area contributed by atoms with Crippen molar-refractivity contribution in [2.45, 2.75) is 19.8 Å². The predicted molar refractivity (Wildman–Crippen MR) is 82.4 cm³/mol. The molecule has 20 heavy (non-hydrogen) atoms. The lowest BCUT2D eigenvalue weighted by Gasteiger charge is -2.09. The van der Waals surface area contributed by atoms with Crippen molar-refractivity contribution in [3.05, 3.63) is 41.3 Å². The summed E-state index contributed by atoms with van der Waals surface area (Å²) in [5.74, 6) is 1.99. The van der Waals surface area contributed by atoms with Crippen LogP contribution in [0.15, 0.2) is 35.7 Å². The van der Waals surface area contributed by atoms with Crippen molar-refractivity contribution in [2.24, 2.45) is 0 Å². The molecule has 1 aromatic carbocycles. The Morgan fingerprint density at radius 3 is 2.55 bits per heavy atom. The number of hydrogen-bond acceptors (Lipinski definition) is 5. The van der Waals surface area contributed by atoms with Gasteiger partial charge in [-0.15, -0.1) is 11.3 Å². The maximum atomic E-state index is 5.84. The molecule has 2 N–H and O–H groups in total. The van der Waals surface area contributed by atoms with Crippen LogP contribution < -0.4 is 10.5 Å². The fourth-order valence-corrected chi connectivity index (χ4v) is 2.72. The highest BCUT2D eigenvalue weighted by Gasteiger charge is 2.09. The first-order valence-corrected chi connectivity index (χ1v) is 7.30. The molecule has 0 bridgehead atoms. The number of ether oxygens (including phenoxy) is 1. The number of rotatable bonds is 3. The van der Waals surface area contributed by atoms with Gasteiger partial charge in [-0.3, -0.25) is 0 Å². The Balaban J connectivity index is 1.94. The molecule has 3 rings (SSSR count). The van der Waals surface area contributed by atoms with Crippen LogP contribution >= 0.6 is 11.3 Å². The van der Waals surface area contributed by atoms with Gasteiger partial charge in [0.1, 0.15) is 10.6 Å². The molecule has 4 nitrogen and oxygen atoms in total. The van der Waals surface area contributed by atoms with Crippen molar-refractivity contribution in [2.75, 3.05) is 5.73 Å². The van der Waals surface area contributed by atoms with Crippen LogP contribution in [0.2, 0.25) is 0 Å². The topological polar surface area (TPSA) is 61.0 Å². The molecule has 0 saturated heterocycles. The highest BCUT2D eigenvalue weighted by molar-refractivity contribution is 7.16. The van der Waals surface area contributed by atoms with Gasteiger partial charge in [-0.05, 0) is 35.1 Å². The second-order valence-corrected chi connectivity index (χ2v) is 5.75. The average Bonchev–Trinajstić information content (AvgIpc) is 2.87. The third-order valence-electron chi connectivity index (χ3n) is 3.07. The Kier molecular flexibility index (Phi) is 3.28. The SMILES string of the molecule is CC(C)c1ccc(Oc2nc(N)nc3sccc23)cc1. The number of anilines is 1. The molecular formula is C15H15N3OS. The van der Waals surface area contributed by atoms with Gasteiger partial charge >= 0.3 is 0 Å². The van der Waals surface area contributed by atoms with Crippen LogP contribution in [0, 0.1) is 0 Å². The van der Waals surface area contributed by atoms with E-state index in [0.29, 0.717) is 11.8 Å². The van der Waals surface area contributed by atoms with Crippen molar-refractivity contribution < 1.29 is 4.74 Å². The average molecular weight is 285 g/mol. The zero-order valence-corrected chi connectivity index (χ0v) is 12.1. The molecule has 0 saturated carbocycles. The molecule has 0 atom stereocenters. The summed E-state index contributed by atoms with van der Waals surface area (Å²) >= 11 is 1.52. The van der Waals surface area contributed by atoms with Gasteiger partial charge < -0.3 is 10.5 Å². The van der Waals surface area contributed by atoms with E-state index in [4.69, 9.17) is 10.5 Å². The number of fused-ring (bicyclic) bond motifs is 1. The van der Waals surface area contributed by atoms with Crippen LogP contribution in [0.5, 0.6) is 11.6 Å². The number of nitrogens with two attached hydrogens (primary N) is 1. The van der Waals surface area contributed by atoms with Crippen molar-refractivity contribution in [1.29, 1.82) is 0 Å². The summed E-state index contributed by atoms with van der Waals surface area (Å²) in [6.45, 7) is 4.33. The lowest BCUT2D eigenvalue weighted by molar-refractivity contribution is 0.469. The quantitative estimate of drug-likeness (QED) is 0.783. The van der Waals surface area contributed by atoms with Crippen molar-refractivity contribution in [1.82, 2.24) is 9.97 Å². The van der Waals surface area contributed by atoms with E-state index in [1.807, 2.05) is 23.6 Å². The van der Waals surface area contributed by atoms with Gasteiger partial charge in [0.25, 0.3) is 0 Å². The summed E-state index contributed by atoms with van der Waals surface area (Å²) in [6.07, 6.45) is 0. The highest BCUT2D eigenvalue weighted by atomic mass is 32.1. The molecule has 0 radical (unpaired) electrons. The number of thiophene rings is 1. The summed E-state index contributed by atoms with van der Waals surface area (Å²) in [7, 11) is 0. The Morgan fingerprint density at radius 1 is 1.10 bits per heavy atom. The largest absolute Gasteiger partial charge is 0.438 e. The van der Waals surface area contributed by atoms with Gasteiger partial charge in [-0.25, -0.2) is 4.98 Å². The molecule has 0 aliphatic heterocycles. The molecule has 0 unspecified atom stereocenters. The summed E-state index contributed by atoms with van der Waals surface area (Å²) in [5.41, 5.74) is 6.98. The molecule has 3 aromatic rings. The molecule has 2 heterocycles. The lowest BCUT2D eigenvalue weighted by Crippen LogP contribution is -1.97. The van der Waals surface area contributed by atoms with Crippen molar-refractivity contribution in [3.63, 3.8) is 0 Å². The normalized spacial score (nSPS) is 11.2. The standard InChI is InChI=1S/C15H15N3OS/c1-9(2)10-3-5-11(6-4-10)19-13-12-7-8-20-14(12)18-15(16)17-13/h3-9H,1-2H3,(H2,16,17,18). The Bertz CT molecular complexity index is 734. The van der Waals surface area contributed by atoms with E-state index in [0.717, 1.165) is 16.0 Å². The van der Waals surface area contributed by atoms with E-state index in [1.165, 1.54) is 16.9 Å². The number of nitrogens with zero attached hydrogens (tertiary/aromatic N) is 2. The van der Waals surface area contributed by atoms with E-state index in [-0.39, 0.29) is 5.95 Å². The van der Waals surface area contributed by atoms with Gasteiger partial charge in [-0.2, -0.15) is 4.98 Å². The van der Waals surface area contributed by atoms with E-state index < -0.39 is 0 Å². The van der Waals surface area contributed by atoms with Gasteiger partial charge in [0, 0.05) is 0 Å². The second-order valence-electron chi connectivity index (χ2n) is 4.85. The number of nitrogen functional groups attached to an aromatic ring is 1. The summed E-state index contributed by atoms with van der Waals surface area (Å²) in [4.78, 5) is 9.20. The molecular weight excluding hydrogens is 270 g/mol. The number of benzene rings is 1. The van der Waals surface area contributed by atoms with Crippen LogP contribution in [0.25, 0.3) is 10.2 Å². The minimum atomic E-state index is 0.230. The van der Waals surface area contributed by atoms with Crippen LogP contribution in [0.3, 0.4) is 0 Å². The first kappa shape index (κ1) is 12.9. The molecule has 0 fully saturated rings. The van der Waals surface area contributed by atoms with E-state index >= 15 is 0 Å². The minimum absolute atomic E-state index is 0.230. The van der Waals surface area contributed by atoms with Crippen LogP contribution in [-0.2, 0) is 0 Å². The zero-order valence-electron chi connectivity index (χ0n) is 11.3. The highest BCUT2D eigenvalue weighted by Crippen LogP contribution is 2.31. The van der Waals surface area contributed by atoms with Crippen LogP contribution in [-0.4, -0.2) is 9.97 Å². The summed E-state index contributed by atoms with van der Waals surface area (Å²) in [6, 6.07) is 9.97. The Labute approximate surface area is 121 Å². The third kappa shape index (κ3) is 2.44. The summed E-state index contributed by atoms with van der Waals surface area (Å²) < 4.78 is 5.84. The predicted octanol–water partition coefficient (Wildman–Crippen LogP) is 4.19. The number of aromatic nitrogens is 2. The Hall–Kier alpha value is -2.14. The molecule has 102 valence electrons. The fraction of sp³-hybridized carbons (Fsp3) is 0.200. The monoisotopic (exact) mass is 285 g/mol. The molecule has 0 spiro atoms. The van der Waals surface area contributed by atoms with Crippen molar-refractivity contribution in [3.8, 4) is 11.6 Å². The zero-order chi connectivity index (χ0) is 14.1. The minimum Gasteiger partial charge on any atom is -0.438 e. The van der Waals surface area contributed by atoms with Crippen LogP contribution in [0.4, 0.5) is 5.95 Å². The van der Waals surface area contributed by atoms with Gasteiger partial charge in [-0.1, -0.05) is 26.0 Å². The summed E-state index contributed by atoms with van der Waals surface area (Å²) in [5, 5.41) is 2.84.